The summed E-state index contributed by atoms with van der Waals surface area (Å²) in [5.41, 5.74) is 0.355. The maximum absolute atomic E-state index is 14.3. The number of likely N-dealkylation sites (N-methyl/N-ethyl adjacent to an activating group) is 1. The summed E-state index contributed by atoms with van der Waals surface area (Å²) in [6.45, 7) is 0.919. The van der Waals surface area contributed by atoms with Crippen molar-refractivity contribution >= 4 is 18.3 Å². The molecule has 1 aliphatic heterocycles. The van der Waals surface area contributed by atoms with Crippen LogP contribution in [-0.4, -0.2) is 54.6 Å². The molecule has 28 heavy (non-hydrogen) atoms. The molecule has 0 bridgehead atoms. The molecule has 0 unspecified atom stereocenters. The first-order valence-electron chi connectivity index (χ1n) is 9.05. The highest BCUT2D eigenvalue weighted by atomic mass is 35.5. The minimum Gasteiger partial charge on any atom is -0.481 e. The number of likely N-dealkylation sites (tertiary alicyclic amines) is 1. The van der Waals surface area contributed by atoms with E-state index < -0.39 is 24.3 Å². The minimum atomic E-state index is -2.79. The molecule has 10 heteroatoms. The maximum Gasteiger partial charge on any atom is 0.254 e. The first-order chi connectivity index (χ1) is 12.8. The number of nitrogens with zero attached hydrogens (tertiary/aromatic N) is 2. The van der Waals surface area contributed by atoms with Crippen LogP contribution in [0.3, 0.4) is 0 Å². The van der Waals surface area contributed by atoms with Gasteiger partial charge in [0.25, 0.3) is 11.8 Å². The molecule has 0 aromatic carbocycles. The highest BCUT2D eigenvalue weighted by Crippen LogP contribution is 2.37. The molecule has 2 atom stereocenters. The van der Waals surface area contributed by atoms with Crippen LogP contribution < -0.4 is 14.8 Å². The third-order valence-corrected chi connectivity index (χ3v) is 5.09. The van der Waals surface area contributed by atoms with Crippen LogP contribution in [0, 0.1) is 5.82 Å². The first-order valence-corrected chi connectivity index (χ1v) is 9.05. The number of amides is 1. The van der Waals surface area contributed by atoms with Gasteiger partial charge in [-0.1, -0.05) is 0 Å². The quantitative estimate of drug-likeness (QED) is 0.762. The van der Waals surface area contributed by atoms with Crippen molar-refractivity contribution < 1.29 is 27.4 Å². The zero-order chi connectivity index (χ0) is 19.6. The van der Waals surface area contributed by atoms with Crippen LogP contribution in [0.5, 0.6) is 11.8 Å². The number of nitrogens with one attached hydrogen (secondary N) is 1. The van der Waals surface area contributed by atoms with Crippen LogP contribution in [0.2, 0.25) is 0 Å². The number of carbonyl (C=O) groups is 1. The Morgan fingerprint density at radius 3 is 2.71 bits per heavy atom. The van der Waals surface area contributed by atoms with Crippen LogP contribution >= 0.6 is 12.4 Å². The Morgan fingerprint density at radius 1 is 1.39 bits per heavy atom. The first kappa shape index (κ1) is 22.5. The molecule has 6 nitrogen and oxygen atoms in total. The van der Waals surface area contributed by atoms with Crippen molar-refractivity contribution in [3.63, 3.8) is 0 Å². The van der Waals surface area contributed by atoms with Crippen LogP contribution in [0.4, 0.5) is 13.2 Å². The third-order valence-electron chi connectivity index (χ3n) is 5.09. The number of ether oxygens (including phenoxy) is 2. The SMILES string of the molecule is COc1nc(O[C@@H]2CCC(F)(F)C2)c(F)cc1CNC(=O)[C@@H]1CCCN1C.Cl. The summed E-state index contributed by atoms with van der Waals surface area (Å²) < 4.78 is 51.4. The fourth-order valence-corrected chi connectivity index (χ4v) is 3.59. The molecular formula is C18H25ClF3N3O3. The Labute approximate surface area is 168 Å². The molecule has 1 N–H and O–H groups in total. The zero-order valence-electron chi connectivity index (χ0n) is 15.8. The molecule has 0 radical (unpaired) electrons. The van der Waals surface area contributed by atoms with Crippen molar-refractivity contribution in [3.8, 4) is 11.8 Å². The van der Waals surface area contributed by atoms with Crippen molar-refractivity contribution in [2.24, 2.45) is 0 Å². The number of hydrogen-bond donors (Lipinski definition) is 1. The highest BCUT2D eigenvalue weighted by molar-refractivity contribution is 5.85. The fraction of sp³-hybridized carbons (Fsp3) is 0.667. The fourth-order valence-electron chi connectivity index (χ4n) is 3.59. The Bertz CT molecular complexity index is 708. The molecular weight excluding hydrogens is 399 g/mol. The van der Waals surface area contributed by atoms with Gasteiger partial charge >= 0.3 is 0 Å². The topological polar surface area (TPSA) is 63.7 Å². The molecule has 2 aliphatic rings. The molecule has 1 aromatic heterocycles. The molecule has 3 rings (SSSR count). The van der Waals surface area contributed by atoms with Gasteiger partial charge in [-0.3, -0.25) is 9.69 Å². The van der Waals surface area contributed by atoms with E-state index in [0.29, 0.717) is 5.56 Å². The van der Waals surface area contributed by atoms with Crippen LogP contribution in [0.1, 0.15) is 37.7 Å². The monoisotopic (exact) mass is 423 g/mol. The number of aromatic nitrogens is 1. The Hall–Kier alpha value is -1.74. The lowest BCUT2D eigenvalue weighted by Crippen LogP contribution is -2.41. The highest BCUT2D eigenvalue weighted by Gasteiger charge is 2.41. The van der Waals surface area contributed by atoms with Gasteiger partial charge in [-0.2, -0.15) is 4.98 Å². The second-order valence-corrected chi connectivity index (χ2v) is 7.14. The molecule has 0 spiro atoms. The Morgan fingerprint density at radius 2 is 2.14 bits per heavy atom. The lowest BCUT2D eigenvalue weighted by Gasteiger charge is -2.19. The van der Waals surface area contributed by atoms with Gasteiger partial charge in [0.2, 0.25) is 11.8 Å². The average Bonchev–Trinajstić information content (AvgIpc) is 3.19. The molecule has 1 saturated carbocycles. The molecule has 1 saturated heterocycles. The molecule has 1 amide bonds. The van der Waals surface area contributed by atoms with E-state index in [-0.39, 0.29) is 55.5 Å². The summed E-state index contributed by atoms with van der Waals surface area (Å²) in [6, 6.07) is 0.966. The van der Waals surface area contributed by atoms with E-state index in [1.54, 1.807) is 0 Å². The number of carbonyl (C=O) groups excluding carboxylic acids is 1. The zero-order valence-corrected chi connectivity index (χ0v) is 16.7. The van der Waals surface area contributed by atoms with Gasteiger partial charge in [0.15, 0.2) is 5.82 Å². The van der Waals surface area contributed by atoms with E-state index in [1.165, 1.54) is 7.11 Å². The summed E-state index contributed by atoms with van der Waals surface area (Å²) in [7, 11) is 3.25. The smallest absolute Gasteiger partial charge is 0.254 e. The standard InChI is InChI=1S/C18H24F3N3O3.ClH/c1-24-7-3-4-14(24)15(25)22-10-11-8-13(19)17(23-16(11)26-2)27-12-5-6-18(20,21)9-12;/h8,12,14H,3-7,9-10H2,1-2H3,(H,22,25);1H/t12-,14+;/m1./s1. The van der Waals surface area contributed by atoms with Gasteiger partial charge in [0.1, 0.15) is 6.10 Å². The van der Waals surface area contributed by atoms with E-state index in [0.717, 1.165) is 25.5 Å². The van der Waals surface area contributed by atoms with Crippen molar-refractivity contribution in [1.29, 1.82) is 0 Å². The number of hydrogen-bond acceptors (Lipinski definition) is 5. The van der Waals surface area contributed by atoms with Crippen molar-refractivity contribution in [1.82, 2.24) is 15.2 Å². The molecule has 1 aromatic rings. The number of methoxy groups -OCH3 is 1. The summed E-state index contributed by atoms with van der Waals surface area (Å²) in [5, 5.41) is 2.77. The van der Waals surface area contributed by atoms with Gasteiger partial charge in [-0.25, -0.2) is 13.2 Å². The van der Waals surface area contributed by atoms with Crippen molar-refractivity contribution in [3.05, 3.63) is 17.4 Å². The van der Waals surface area contributed by atoms with Gasteiger partial charge in [-0.05, 0) is 38.9 Å². The van der Waals surface area contributed by atoms with Crippen LogP contribution in [0.25, 0.3) is 0 Å². The lowest BCUT2D eigenvalue weighted by atomic mass is 10.2. The van der Waals surface area contributed by atoms with E-state index >= 15 is 0 Å². The summed E-state index contributed by atoms with van der Waals surface area (Å²) in [4.78, 5) is 18.2. The molecule has 2 heterocycles. The second kappa shape index (κ2) is 9.17. The predicted octanol–water partition coefficient (Wildman–Crippen LogP) is 2.93. The average molecular weight is 424 g/mol. The van der Waals surface area contributed by atoms with E-state index in [1.807, 2.05) is 11.9 Å². The normalized spacial score (nSPS) is 23.9. The second-order valence-electron chi connectivity index (χ2n) is 7.14. The molecule has 1 aliphatic carbocycles. The van der Waals surface area contributed by atoms with Gasteiger partial charge in [0, 0.05) is 24.9 Å². The summed E-state index contributed by atoms with van der Waals surface area (Å²) in [5.74, 6) is -3.96. The third kappa shape index (κ3) is 5.20. The number of rotatable bonds is 6. The summed E-state index contributed by atoms with van der Waals surface area (Å²) >= 11 is 0. The van der Waals surface area contributed by atoms with E-state index in [2.05, 4.69) is 10.3 Å². The van der Waals surface area contributed by atoms with Crippen LogP contribution in [-0.2, 0) is 11.3 Å². The number of pyridine rings is 1. The largest absolute Gasteiger partial charge is 0.481 e. The van der Waals surface area contributed by atoms with Crippen molar-refractivity contribution in [2.75, 3.05) is 20.7 Å². The molecule has 2 fully saturated rings. The van der Waals surface area contributed by atoms with E-state index in [9.17, 15) is 18.0 Å². The van der Waals surface area contributed by atoms with Crippen LogP contribution in [0.15, 0.2) is 6.07 Å². The van der Waals surface area contributed by atoms with E-state index in [4.69, 9.17) is 9.47 Å². The predicted molar refractivity (Wildman–Crippen MR) is 98.7 cm³/mol. The van der Waals surface area contributed by atoms with Gasteiger partial charge < -0.3 is 14.8 Å². The minimum absolute atomic E-state index is 0. The molecule has 158 valence electrons. The lowest BCUT2D eigenvalue weighted by molar-refractivity contribution is -0.125. The summed E-state index contributed by atoms with van der Waals surface area (Å²) in [6.07, 6.45) is 0.364. The van der Waals surface area contributed by atoms with Gasteiger partial charge in [0.05, 0.1) is 13.2 Å². The Balaban J connectivity index is 0.00000280. The Kier molecular flexibility index (Phi) is 7.39. The number of alkyl halides is 2. The number of halogens is 4. The van der Waals surface area contributed by atoms with Gasteiger partial charge in [-0.15, -0.1) is 12.4 Å². The van der Waals surface area contributed by atoms with Crippen molar-refractivity contribution in [2.45, 2.75) is 56.7 Å². The maximum atomic E-state index is 14.3.